The van der Waals surface area contributed by atoms with Crippen LogP contribution in [0.2, 0.25) is 0 Å². The predicted molar refractivity (Wildman–Crippen MR) is 149 cm³/mol. The Balaban J connectivity index is 1.57. The lowest BCUT2D eigenvalue weighted by Crippen LogP contribution is -2.38. The van der Waals surface area contributed by atoms with E-state index in [1.165, 1.54) is 17.8 Å². The van der Waals surface area contributed by atoms with E-state index in [0.717, 1.165) is 29.4 Å². The maximum absolute atomic E-state index is 13.3. The second-order valence-electron chi connectivity index (χ2n) is 8.77. The van der Waals surface area contributed by atoms with Gasteiger partial charge in [0.25, 0.3) is 5.56 Å². The molecule has 0 unspecified atom stereocenters. The SMILES string of the molecule is C=CC(=O)Nc1cccc(-n2c(=O)n(C)c(=O)c3cnc(Nc4ccc(N5CCOCC5)cc4OC)nc32)c1. The molecule has 39 heavy (non-hydrogen) atoms. The van der Waals surface area contributed by atoms with Crippen LogP contribution in [0.1, 0.15) is 0 Å². The summed E-state index contributed by atoms with van der Waals surface area (Å²) in [6.07, 6.45) is 2.52. The number of hydrogen-bond donors (Lipinski definition) is 2. The minimum absolute atomic E-state index is 0.108. The first-order valence-electron chi connectivity index (χ1n) is 12.2. The van der Waals surface area contributed by atoms with E-state index in [-0.39, 0.29) is 17.0 Å². The van der Waals surface area contributed by atoms with Crippen LogP contribution in [0.15, 0.2) is 70.9 Å². The molecular weight excluding hydrogens is 502 g/mol. The highest BCUT2D eigenvalue weighted by Gasteiger charge is 2.18. The lowest BCUT2D eigenvalue weighted by atomic mass is 10.2. The molecule has 1 aliphatic rings. The number of amides is 1. The number of rotatable bonds is 7. The molecule has 0 atom stereocenters. The van der Waals surface area contributed by atoms with Gasteiger partial charge >= 0.3 is 5.69 Å². The molecule has 2 aromatic carbocycles. The van der Waals surface area contributed by atoms with Crippen LogP contribution < -0.4 is 31.5 Å². The van der Waals surface area contributed by atoms with Gasteiger partial charge in [0.2, 0.25) is 11.9 Å². The first-order valence-corrected chi connectivity index (χ1v) is 12.2. The highest BCUT2D eigenvalue weighted by molar-refractivity contribution is 5.99. The van der Waals surface area contributed by atoms with Gasteiger partial charge in [0, 0.05) is 43.8 Å². The van der Waals surface area contributed by atoms with Crippen molar-refractivity contribution in [3.05, 3.63) is 82.2 Å². The van der Waals surface area contributed by atoms with E-state index in [1.807, 2.05) is 18.2 Å². The Morgan fingerprint density at radius 3 is 2.67 bits per heavy atom. The zero-order chi connectivity index (χ0) is 27.5. The largest absolute Gasteiger partial charge is 0.494 e. The second-order valence-corrected chi connectivity index (χ2v) is 8.77. The minimum atomic E-state index is -0.600. The Hall–Kier alpha value is -4.97. The molecule has 12 heteroatoms. The van der Waals surface area contributed by atoms with Gasteiger partial charge in [-0.15, -0.1) is 0 Å². The molecule has 0 aliphatic carbocycles. The summed E-state index contributed by atoms with van der Waals surface area (Å²) in [7, 11) is 2.96. The number of fused-ring (bicyclic) bond motifs is 1. The van der Waals surface area contributed by atoms with E-state index < -0.39 is 17.2 Å². The van der Waals surface area contributed by atoms with Gasteiger partial charge in [-0.25, -0.2) is 14.3 Å². The monoisotopic (exact) mass is 529 g/mol. The number of anilines is 4. The summed E-state index contributed by atoms with van der Waals surface area (Å²) in [5.74, 6) is 0.347. The highest BCUT2D eigenvalue weighted by atomic mass is 16.5. The number of ether oxygens (including phenoxy) is 2. The second kappa shape index (κ2) is 10.8. The Morgan fingerprint density at radius 1 is 1.13 bits per heavy atom. The van der Waals surface area contributed by atoms with Crippen molar-refractivity contribution < 1.29 is 14.3 Å². The van der Waals surface area contributed by atoms with E-state index in [4.69, 9.17) is 9.47 Å². The van der Waals surface area contributed by atoms with E-state index >= 15 is 0 Å². The average molecular weight is 530 g/mol. The van der Waals surface area contributed by atoms with E-state index in [2.05, 4.69) is 32.1 Å². The van der Waals surface area contributed by atoms with Crippen LogP contribution in [0.3, 0.4) is 0 Å². The third kappa shape index (κ3) is 5.09. The molecule has 0 saturated carbocycles. The number of aromatic nitrogens is 4. The lowest BCUT2D eigenvalue weighted by Gasteiger charge is -2.29. The molecule has 5 rings (SSSR count). The van der Waals surface area contributed by atoms with E-state index in [0.29, 0.717) is 36.0 Å². The van der Waals surface area contributed by atoms with Crippen molar-refractivity contribution in [2.45, 2.75) is 0 Å². The van der Waals surface area contributed by atoms with Crippen molar-refractivity contribution >= 4 is 40.0 Å². The first-order chi connectivity index (χ1) is 18.9. The third-order valence-corrected chi connectivity index (χ3v) is 6.36. The third-order valence-electron chi connectivity index (χ3n) is 6.36. The molecule has 1 aliphatic heterocycles. The van der Waals surface area contributed by atoms with Gasteiger partial charge in [0.05, 0.1) is 31.7 Å². The Morgan fingerprint density at radius 2 is 1.92 bits per heavy atom. The molecule has 200 valence electrons. The van der Waals surface area contributed by atoms with Gasteiger partial charge in [0.1, 0.15) is 11.1 Å². The van der Waals surface area contributed by atoms with Crippen molar-refractivity contribution in [3.8, 4) is 11.4 Å². The van der Waals surface area contributed by atoms with Crippen LogP contribution in [0.4, 0.5) is 23.0 Å². The average Bonchev–Trinajstić information content (AvgIpc) is 2.97. The van der Waals surface area contributed by atoms with Crippen LogP contribution in [-0.4, -0.2) is 58.4 Å². The van der Waals surface area contributed by atoms with Gasteiger partial charge < -0.3 is 25.0 Å². The number of carbonyl (C=O) groups is 1. The van der Waals surface area contributed by atoms with Crippen molar-refractivity contribution in [2.75, 3.05) is 48.9 Å². The van der Waals surface area contributed by atoms with Gasteiger partial charge in [-0.05, 0) is 36.4 Å². The zero-order valence-corrected chi connectivity index (χ0v) is 21.5. The fraction of sp³-hybridized carbons (Fsp3) is 0.222. The number of methoxy groups -OCH3 is 1. The molecule has 2 N–H and O–H groups in total. The van der Waals surface area contributed by atoms with Gasteiger partial charge in [0.15, 0.2) is 5.65 Å². The molecule has 3 heterocycles. The minimum Gasteiger partial charge on any atom is -0.494 e. The Labute approximate surface area is 223 Å². The molecule has 1 fully saturated rings. The summed E-state index contributed by atoms with van der Waals surface area (Å²) in [5, 5.41) is 5.96. The molecule has 0 bridgehead atoms. The molecule has 0 spiro atoms. The maximum Gasteiger partial charge on any atom is 0.337 e. The smallest absolute Gasteiger partial charge is 0.337 e. The molecule has 0 radical (unpaired) electrons. The van der Waals surface area contributed by atoms with Crippen LogP contribution in [-0.2, 0) is 16.6 Å². The highest BCUT2D eigenvalue weighted by Crippen LogP contribution is 2.32. The number of carbonyl (C=O) groups excluding carboxylic acids is 1. The number of hydrogen-bond acceptors (Lipinski definition) is 9. The Bertz CT molecular complexity index is 1690. The summed E-state index contributed by atoms with van der Waals surface area (Å²) in [4.78, 5) is 49.0. The molecule has 1 saturated heterocycles. The summed E-state index contributed by atoms with van der Waals surface area (Å²) in [5.41, 5.74) is 1.44. The molecule has 1 amide bonds. The van der Waals surface area contributed by atoms with Crippen LogP contribution in [0.5, 0.6) is 5.75 Å². The molecular formula is C27H27N7O5. The number of morpholine rings is 1. The fourth-order valence-electron chi connectivity index (χ4n) is 4.33. The first kappa shape index (κ1) is 25.7. The van der Waals surface area contributed by atoms with Crippen molar-refractivity contribution in [1.82, 2.24) is 19.1 Å². The van der Waals surface area contributed by atoms with Gasteiger partial charge in [-0.3, -0.25) is 14.2 Å². The van der Waals surface area contributed by atoms with Crippen molar-refractivity contribution in [2.24, 2.45) is 7.05 Å². The van der Waals surface area contributed by atoms with Crippen molar-refractivity contribution in [3.63, 3.8) is 0 Å². The maximum atomic E-state index is 13.3. The van der Waals surface area contributed by atoms with E-state index in [1.54, 1.807) is 31.4 Å². The number of benzene rings is 2. The van der Waals surface area contributed by atoms with E-state index in [9.17, 15) is 14.4 Å². The van der Waals surface area contributed by atoms with Gasteiger partial charge in [-0.1, -0.05) is 12.6 Å². The predicted octanol–water partition coefficient (Wildman–Crippen LogP) is 2.19. The van der Waals surface area contributed by atoms with Crippen molar-refractivity contribution in [1.29, 1.82) is 0 Å². The quantitative estimate of drug-likeness (QED) is 0.346. The topological polar surface area (TPSA) is 133 Å². The zero-order valence-electron chi connectivity index (χ0n) is 21.5. The fourth-order valence-corrected chi connectivity index (χ4v) is 4.33. The van der Waals surface area contributed by atoms with Crippen LogP contribution in [0.25, 0.3) is 16.7 Å². The number of nitrogens with one attached hydrogen (secondary N) is 2. The number of nitrogens with zero attached hydrogens (tertiary/aromatic N) is 5. The standard InChI is InChI=1S/C27H27N7O5/c1-4-23(35)29-17-6-5-7-19(14-17)34-24-20(25(36)32(2)27(34)37)16-28-26(31-24)30-21-9-8-18(15-22(21)38-3)33-10-12-39-13-11-33/h4-9,14-16H,1,10-13H2,2-3H3,(H,29,35)(H,28,30,31). The summed E-state index contributed by atoms with van der Waals surface area (Å²) >= 11 is 0. The summed E-state index contributed by atoms with van der Waals surface area (Å²) in [6.45, 7) is 6.36. The molecule has 4 aromatic rings. The van der Waals surface area contributed by atoms with Crippen LogP contribution >= 0.6 is 0 Å². The lowest BCUT2D eigenvalue weighted by molar-refractivity contribution is -0.111. The molecule has 12 nitrogen and oxygen atoms in total. The Kier molecular flexibility index (Phi) is 7.10. The van der Waals surface area contributed by atoms with Crippen LogP contribution in [0, 0.1) is 0 Å². The normalized spacial score (nSPS) is 13.2. The summed E-state index contributed by atoms with van der Waals surface area (Å²) in [6, 6.07) is 12.4. The molecule has 2 aromatic heterocycles. The summed E-state index contributed by atoms with van der Waals surface area (Å²) < 4.78 is 13.3. The van der Waals surface area contributed by atoms with Gasteiger partial charge in [-0.2, -0.15) is 4.98 Å².